The van der Waals surface area contributed by atoms with E-state index in [1.165, 1.54) is 7.11 Å². The van der Waals surface area contributed by atoms with Crippen molar-refractivity contribution in [2.45, 2.75) is 13.5 Å². The zero-order chi connectivity index (χ0) is 24.1. The number of hydrogen-bond donors (Lipinski definition) is 1. The molecule has 1 amide bonds. The van der Waals surface area contributed by atoms with E-state index in [1.54, 1.807) is 36.6 Å². The largest absolute Gasteiger partial charge is 0.497 e. The van der Waals surface area contributed by atoms with Gasteiger partial charge in [0, 0.05) is 10.8 Å². The van der Waals surface area contributed by atoms with Crippen molar-refractivity contribution >= 4 is 39.2 Å². The Balaban J connectivity index is 1.73. The average Bonchev–Trinajstić information content (AvgIpc) is 3.28. The maximum Gasteiger partial charge on any atom is 0.412 e. The van der Waals surface area contributed by atoms with Crippen LogP contribution in [0.5, 0.6) is 5.75 Å². The fourth-order valence-electron chi connectivity index (χ4n) is 3.24. The van der Waals surface area contributed by atoms with E-state index in [9.17, 15) is 14.4 Å². The summed E-state index contributed by atoms with van der Waals surface area (Å²) in [6.07, 6.45) is -0.725. The number of aromatic nitrogens is 2. The van der Waals surface area contributed by atoms with E-state index in [0.29, 0.717) is 11.4 Å². The van der Waals surface area contributed by atoms with E-state index < -0.39 is 17.6 Å². The second kappa shape index (κ2) is 10.2. The molecular weight excluding hydrogens is 458 g/mol. The Hall–Kier alpha value is -4.18. The molecule has 0 fully saturated rings. The number of fused-ring (bicyclic) bond motifs is 1. The lowest BCUT2D eigenvalue weighted by atomic mass is 10.2. The van der Waals surface area contributed by atoms with Crippen molar-refractivity contribution in [2.24, 2.45) is 0 Å². The van der Waals surface area contributed by atoms with Crippen molar-refractivity contribution in [3.63, 3.8) is 0 Å². The number of anilines is 1. The SMILES string of the molecule is CCOC(=O)c1nn(-c2ccc(OC)cc2)c(=O)c2c(NC(=O)OCc3ccccc3)scc12. The third-order valence-electron chi connectivity index (χ3n) is 4.87. The van der Waals surface area contributed by atoms with Crippen molar-refractivity contribution in [2.75, 3.05) is 19.0 Å². The summed E-state index contributed by atoms with van der Waals surface area (Å²) in [7, 11) is 1.53. The average molecular weight is 480 g/mol. The van der Waals surface area contributed by atoms with Crippen LogP contribution in [0.25, 0.3) is 16.5 Å². The van der Waals surface area contributed by atoms with Gasteiger partial charge in [0.2, 0.25) is 0 Å². The van der Waals surface area contributed by atoms with Gasteiger partial charge >= 0.3 is 12.1 Å². The maximum absolute atomic E-state index is 13.4. The number of nitrogens with one attached hydrogen (secondary N) is 1. The lowest BCUT2D eigenvalue weighted by molar-refractivity contribution is 0.0520. The second-order valence-electron chi connectivity index (χ2n) is 7.02. The molecule has 9 nitrogen and oxygen atoms in total. The van der Waals surface area contributed by atoms with Crippen molar-refractivity contribution in [3.05, 3.63) is 81.6 Å². The molecule has 0 spiro atoms. The number of benzene rings is 2. The standard InChI is InChI=1S/C24H21N3O6S/c1-3-32-23(29)20-18-14-34-21(25-24(30)33-13-15-7-5-4-6-8-15)19(18)22(28)27(26-20)16-9-11-17(31-2)12-10-16/h4-12,14H,3,13H2,1-2H3,(H,25,30). The number of rotatable bonds is 7. The summed E-state index contributed by atoms with van der Waals surface area (Å²) < 4.78 is 16.7. The van der Waals surface area contributed by atoms with E-state index in [1.807, 2.05) is 30.3 Å². The summed E-state index contributed by atoms with van der Waals surface area (Å²) in [6, 6.07) is 15.8. The quantitative estimate of drug-likeness (QED) is 0.392. The first-order valence-electron chi connectivity index (χ1n) is 10.4. The molecule has 0 unspecified atom stereocenters. The minimum atomic E-state index is -0.725. The van der Waals surface area contributed by atoms with Crippen LogP contribution in [-0.2, 0) is 16.1 Å². The molecule has 2 aromatic heterocycles. The van der Waals surface area contributed by atoms with Crippen LogP contribution in [0, 0.1) is 0 Å². The van der Waals surface area contributed by atoms with E-state index in [-0.39, 0.29) is 34.7 Å². The first kappa shape index (κ1) is 23.0. The Bertz CT molecular complexity index is 1380. The molecule has 2 aromatic carbocycles. The van der Waals surface area contributed by atoms with Crippen molar-refractivity contribution < 1.29 is 23.8 Å². The Morgan fingerprint density at radius 3 is 2.47 bits per heavy atom. The minimum absolute atomic E-state index is 0.0331. The number of carbonyl (C=O) groups is 2. The van der Waals surface area contributed by atoms with Gasteiger partial charge in [0.05, 0.1) is 24.8 Å². The summed E-state index contributed by atoms with van der Waals surface area (Å²) in [4.78, 5) is 38.4. The monoisotopic (exact) mass is 479 g/mol. The van der Waals surface area contributed by atoms with Crippen LogP contribution in [0.4, 0.5) is 9.80 Å². The Morgan fingerprint density at radius 2 is 1.79 bits per heavy atom. The van der Waals surface area contributed by atoms with Crippen LogP contribution in [0.3, 0.4) is 0 Å². The van der Waals surface area contributed by atoms with E-state index in [4.69, 9.17) is 14.2 Å². The van der Waals surface area contributed by atoms with E-state index in [2.05, 4.69) is 10.4 Å². The van der Waals surface area contributed by atoms with Gasteiger partial charge in [-0.2, -0.15) is 9.78 Å². The molecule has 0 atom stereocenters. The Labute approximate surface area is 198 Å². The molecule has 0 saturated heterocycles. The van der Waals surface area contributed by atoms with Crippen LogP contribution in [0.15, 0.2) is 64.8 Å². The van der Waals surface area contributed by atoms with Gasteiger partial charge in [-0.1, -0.05) is 30.3 Å². The predicted molar refractivity (Wildman–Crippen MR) is 128 cm³/mol. The van der Waals surface area contributed by atoms with Crippen molar-refractivity contribution in [1.29, 1.82) is 0 Å². The number of ether oxygens (including phenoxy) is 3. The van der Waals surface area contributed by atoms with Gasteiger partial charge < -0.3 is 14.2 Å². The van der Waals surface area contributed by atoms with E-state index in [0.717, 1.165) is 21.6 Å². The number of hydrogen-bond acceptors (Lipinski definition) is 8. The van der Waals surface area contributed by atoms with Crippen LogP contribution < -0.4 is 15.6 Å². The highest BCUT2D eigenvalue weighted by atomic mass is 32.1. The van der Waals surface area contributed by atoms with Gasteiger partial charge in [0.1, 0.15) is 17.4 Å². The molecule has 0 aliphatic heterocycles. The van der Waals surface area contributed by atoms with Crippen molar-refractivity contribution in [3.8, 4) is 11.4 Å². The topological polar surface area (TPSA) is 109 Å². The highest BCUT2D eigenvalue weighted by Crippen LogP contribution is 2.31. The van der Waals surface area contributed by atoms with Crippen molar-refractivity contribution in [1.82, 2.24) is 9.78 Å². The van der Waals surface area contributed by atoms with Gasteiger partial charge in [-0.3, -0.25) is 10.1 Å². The summed E-state index contributed by atoms with van der Waals surface area (Å²) in [5, 5.41) is 9.13. The van der Waals surface area contributed by atoms with E-state index >= 15 is 0 Å². The van der Waals surface area contributed by atoms with Gasteiger partial charge in [-0.05, 0) is 36.8 Å². The summed E-state index contributed by atoms with van der Waals surface area (Å²) in [5.41, 5.74) is 0.702. The highest BCUT2D eigenvalue weighted by Gasteiger charge is 2.23. The number of methoxy groups -OCH3 is 1. The first-order valence-corrected chi connectivity index (χ1v) is 11.2. The van der Waals surface area contributed by atoms with Crippen LogP contribution >= 0.6 is 11.3 Å². The molecular formula is C24H21N3O6S. The first-order chi connectivity index (χ1) is 16.5. The molecule has 10 heteroatoms. The third kappa shape index (κ3) is 4.76. The fourth-order valence-corrected chi connectivity index (χ4v) is 4.16. The number of nitrogens with zero attached hydrogens (tertiary/aromatic N) is 2. The molecule has 2 heterocycles. The molecule has 0 radical (unpaired) electrons. The lowest BCUT2D eigenvalue weighted by Gasteiger charge is -2.10. The molecule has 174 valence electrons. The fraction of sp³-hybridized carbons (Fsp3) is 0.167. The zero-order valence-corrected chi connectivity index (χ0v) is 19.3. The summed E-state index contributed by atoms with van der Waals surface area (Å²) in [6.45, 7) is 1.89. The van der Waals surface area contributed by atoms with Gasteiger partial charge in [-0.25, -0.2) is 9.59 Å². The molecule has 4 aromatic rings. The summed E-state index contributed by atoms with van der Waals surface area (Å²) in [5.74, 6) is -0.0756. The zero-order valence-electron chi connectivity index (χ0n) is 18.4. The van der Waals surface area contributed by atoms with Crippen LogP contribution in [0.1, 0.15) is 23.0 Å². The smallest absolute Gasteiger partial charge is 0.412 e. The van der Waals surface area contributed by atoms with Crippen LogP contribution in [0.2, 0.25) is 0 Å². The number of thiophene rings is 1. The summed E-state index contributed by atoms with van der Waals surface area (Å²) >= 11 is 1.09. The lowest BCUT2D eigenvalue weighted by Crippen LogP contribution is -2.25. The predicted octanol–water partition coefficient (Wildman–Crippen LogP) is 4.38. The highest BCUT2D eigenvalue weighted by molar-refractivity contribution is 7.16. The number of esters is 1. The molecule has 4 rings (SSSR count). The minimum Gasteiger partial charge on any atom is -0.497 e. The molecule has 0 bridgehead atoms. The third-order valence-corrected chi connectivity index (χ3v) is 5.76. The molecule has 0 saturated carbocycles. The number of amides is 1. The molecule has 34 heavy (non-hydrogen) atoms. The molecule has 0 aliphatic rings. The number of carbonyl (C=O) groups excluding carboxylic acids is 2. The Morgan fingerprint density at radius 1 is 1.06 bits per heavy atom. The molecule has 0 aliphatic carbocycles. The van der Waals surface area contributed by atoms with Gasteiger partial charge in [0.15, 0.2) is 5.69 Å². The maximum atomic E-state index is 13.4. The Kier molecular flexibility index (Phi) is 6.88. The van der Waals surface area contributed by atoms with Gasteiger partial charge in [-0.15, -0.1) is 11.3 Å². The van der Waals surface area contributed by atoms with Gasteiger partial charge in [0.25, 0.3) is 5.56 Å². The molecule has 1 N–H and O–H groups in total. The normalized spacial score (nSPS) is 10.6. The van der Waals surface area contributed by atoms with Crippen LogP contribution in [-0.4, -0.2) is 35.6 Å². The second-order valence-corrected chi connectivity index (χ2v) is 7.90.